The van der Waals surface area contributed by atoms with E-state index in [4.69, 9.17) is 23.2 Å². The quantitative estimate of drug-likeness (QED) is 0.483. The molecule has 0 radical (unpaired) electrons. The van der Waals surface area contributed by atoms with Crippen LogP contribution in [0.5, 0.6) is 0 Å². The molecule has 1 rings (SSSR count). The zero-order valence-corrected chi connectivity index (χ0v) is 8.91. The maximum Gasteiger partial charge on any atom is 0.0822 e. The Morgan fingerprint density at radius 2 is 2.00 bits per heavy atom. The summed E-state index contributed by atoms with van der Waals surface area (Å²) in [5, 5.41) is 0.402. The van der Waals surface area contributed by atoms with Crippen LogP contribution in [0.25, 0.3) is 0 Å². The van der Waals surface area contributed by atoms with E-state index in [-0.39, 0.29) is 29.8 Å². The Kier molecular flexibility index (Phi) is 4.29. The fourth-order valence-corrected chi connectivity index (χ4v) is 0.459. The summed E-state index contributed by atoms with van der Waals surface area (Å²) in [6.45, 7) is 0. The number of hydrogen-bond donors (Lipinski definition) is 0. The molecule has 0 saturated carbocycles. The van der Waals surface area contributed by atoms with Gasteiger partial charge in [-0.15, -0.1) is 6.20 Å². The van der Waals surface area contributed by atoms with Crippen LogP contribution in [0, 0.1) is 6.20 Å². The van der Waals surface area contributed by atoms with Crippen LogP contribution in [-0.2, 0) is 19.5 Å². The summed E-state index contributed by atoms with van der Waals surface area (Å²) in [5.74, 6) is 0. The maximum atomic E-state index is 5.38. The third kappa shape index (κ3) is 2.57. The molecule has 0 saturated heterocycles. The van der Waals surface area contributed by atoms with Gasteiger partial charge >= 0.3 is 0 Å². The van der Waals surface area contributed by atoms with Gasteiger partial charge in [-0.2, -0.15) is 11.6 Å². The number of rotatable bonds is 0. The first-order valence-corrected chi connectivity index (χ1v) is 2.60. The van der Waals surface area contributed by atoms with Crippen molar-refractivity contribution < 1.29 is 19.5 Å². The van der Waals surface area contributed by atoms with E-state index < -0.39 is 0 Å². The molecule has 0 fully saturated rings. The summed E-state index contributed by atoms with van der Waals surface area (Å²) in [5.41, 5.74) is 0. The Morgan fingerprint density at radius 1 is 1.33 bits per heavy atom. The van der Waals surface area contributed by atoms with Gasteiger partial charge in [0.1, 0.15) is 0 Å². The molecule has 0 N–H and O–H groups in total. The summed E-state index contributed by atoms with van der Waals surface area (Å²) < 4.78 is 0. The molecule has 0 amide bonds. The normalized spacial score (nSPS) is 8.22. The molecule has 0 spiro atoms. The van der Waals surface area contributed by atoms with Crippen molar-refractivity contribution in [3.63, 3.8) is 0 Å². The van der Waals surface area contributed by atoms with Gasteiger partial charge in [0.15, 0.2) is 0 Å². The van der Waals surface area contributed by atoms with Crippen molar-refractivity contribution in [3.05, 3.63) is 22.7 Å². The topological polar surface area (TPSA) is 25.8 Å². The molecule has 2 nitrogen and oxygen atoms in total. The molecule has 0 atom stereocenters. The minimum Gasteiger partial charge on any atom is -0.438 e. The van der Waals surface area contributed by atoms with Crippen molar-refractivity contribution >= 4 is 23.2 Å². The SMILES string of the molecule is Clc1n[c-]cnc1Cl.[Zn]. The molecule has 44 valence electrons. The second-order valence-electron chi connectivity index (χ2n) is 1.08. The van der Waals surface area contributed by atoms with Crippen LogP contribution in [0.2, 0.25) is 10.3 Å². The van der Waals surface area contributed by atoms with Crippen LogP contribution in [0.15, 0.2) is 6.20 Å². The molecule has 0 aromatic carbocycles. The molecule has 1 aromatic heterocycles. The van der Waals surface area contributed by atoms with Gasteiger partial charge in [0.25, 0.3) is 0 Å². The molecular weight excluding hydrogens is 212 g/mol. The Labute approximate surface area is 75.4 Å². The monoisotopic (exact) mass is 211 g/mol. The Morgan fingerprint density at radius 3 is 2.33 bits per heavy atom. The average Bonchev–Trinajstić information content (AvgIpc) is 1.77. The minimum absolute atomic E-state index is 0. The predicted molar refractivity (Wildman–Crippen MR) is 30.9 cm³/mol. The smallest absolute Gasteiger partial charge is 0.0822 e. The first kappa shape index (κ1) is 9.28. The first-order valence-electron chi connectivity index (χ1n) is 1.85. The molecule has 0 aliphatic heterocycles. The fraction of sp³-hybridized carbons (Fsp3) is 0. The third-order valence-corrected chi connectivity index (χ3v) is 1.21. The van der Waals surface area contributed by atoms with E-state index in [0.29, 0.717) is 0 Å². The van der Waals surface area contributed by atoms with Crippen LogP contribution in [0.4, 0.5) is 0 Å². The van der Waals surface area contributed by atoms with Crippen LogP contribution in [-0.4, -0.2) is 9.97 Å². The van der Waals surface area contributed by atoms with E-state index in [1.165, 1.54) is 6.20 Å². The Hall–Kier alpha value is 0.283. The summed E-state index contributed by atoms with van der Waals surface area (Å²) >= 11 is 10.8. The largest absolute Gasteiger partial charge is 0.438 e. The van der Waals surface area contributed by atoms with Crippen LogP contribution in [0.1, 0.15) is 0 Å². The zero-order valence-electron chi connectivity index (χ0n) is 4.43. The van der Waals surface area contributed by atoms with Crippen LogP contribution in [0.3, 0.4) is 0 Å². The summed E-state index contributed by atoms with van der Waals surface area (Å²) in [7, 11) is 0. The second kappa shape index (κ2) is 4.16. The van der Waals surface area contributed by atoms with Crippen LogP contribution < -0.4 is 0 Å². The van der Waals surface area contributed by atoms with Crippen molar-refractivity contribution in [2.45, 2.75) is 0 Å². The fourth-order valence-electron chi connectivity index (χ4n) is 0.270. The number of halogens is 2. The molecule has 0 unspecified atom stereocenters. The molecule has 0 bridgehead atoms. The van der Waals surface area contributed by atoms with E-state index in [0.717, 1.165) is 0 Å². The maximum absolute atomic E-state index is 5.38. The first-order chi connectivity index (χ1) is 3.80. The summed E-state index contributed by atoms with van der Waals surface area (Å²) in [6.07, 6.45) is 3.78. The van der Waals surface area contributed by atoms with Crippen molar-refractivity contribution in [2.75, 3.05) is 0 Å². The average molecular weight is 213 g/mol. The van der Waals surface area contributed by atoms with Gasteiger partial charge in [-0.3, -0.25) is 4.98 Å². The zero-order chi connectivity index (χ0) is 5.98. The Balaban J connectivity index is 0.000000640. The van der Waals surface area contributed by atoms with Gasteiger partial charge < -0.3 is 4.98 Å². The van der Waals surface area contributed by atoms with E-state index in [1.54, 1.807) is 0 Å². The second-order valence-corrected chi connectivity index (χ2v) is 1.80. The van der Waals surface area contributed by atoms with E-state index in [2.05, 4.69) is 16.2 Å². The van der Waals surface area contributed by atoms with Crippen molar-refractivity contribution in [1.82, 2.24) is 9.97 Å². The van der Waals surface area contributed by atoms with Gasteiger partial charge in [-0.05, 0) is 6.20 Å². The standard InChI is InChI=1S/C4HCl2N2.Zn/c5-3-4(6)8-2-1-7-3;/h1H;/q-1;. The number of hydrogen-bond acceptors (Lipinski definition) is 2. The number of aromatic nitrogens is 2. The van der Waals surface area contributed by atoms with Crippen molar-refractivity contribution in [1.29, 1.82) is 0 Å². The third-order valence-electron chi connectivity index (χ3n) is 0.569. The van der Waals surface area contributed by atoms with Gasteiger partial charge in [0.05, 0.1) is 5.15 Å². The molecular formula is C4HCl2N2Zn-. The van der Waals surface area contributed by atoms with Gasteiger partial charge in [-0.25, -0.2) is 0 Å². The molecule has 1 heterocycles. The minimum atomic E-state index is 0. The Bertz CT molecular complexity index is 173. The van der Waals surface area contributed by atoms with Crippen molar-refractivity contribution in [2.24, 2.45) is 0 Å². The van der Waals surface area contributed by atoms with Gasteiger partial charge in [0, 0.05) is 24.6 Å². The van der Waals surface area contributed by atoms with Gasteiger partial charge in [0.2, 0.25) is 0 Å². The van der Waals surface area contributed by atoms with E-state index in [1.807, 2.05) is 0 Å². The van der Waals surface area contributed by atoms with Crippen molar-refractivity contribution in [3.8, 4) is 0 Å². The van der Waals surface area contributed by atoms with E-state index >= 15 is 0 Å². The summed E-state index contributed by atoms with van der Waals surface area (Å²) in [4.78, 5) is 7.12. The van der Waals surface area contributed by atoms with Gasteiger partial charge in [-0.1, -0.05) is 11.6 Å². The molecule has 9 heavy (non-hydrogen) atoms. The van der Waals surface area contributed by atoms with E-state index in [9.17, 15) is 0 Å². The predicted octanol–water partition coefficient (Wildman–Crippen LogP) is 1.58. The summed E-state index contributed by atoms with van der Waals surface area (Å²) in [6, 6.07) is 0. The van der Waals surface area contributed by atoms with Crippen LogP contribution >= 0.6 is 23.2 Å². The molecule has 1 aromatic rings. The molecule has 0 aliphatic rings. The number of nitrogens with zero attached hydrogens (tertiary/aromatic N) is 2. The molecule has 0 aliphatic carbocycles. The molecule has 5 heteroatoms.